The van der Waals surface area contributed by atoms with Crippen LogP contribution in [0.5, 0.6) is 5.75 Å². The Morgan fingerprint density at radius 2 is 2.10 bits per heavy atom. The van der Waals surface area contributed by atoms with Crippen molar-refractivity contribution in [1.82, 2.24) is 4.90 Å². The number of hydrogen-bond acceptors (Lipinski definition) is 4. The fraction of sp³-hybridized carbons (Fsp3) is 0.562. The molecule has 0 bridgehead atoms. The highest BCUT2D eigenvalue weighted by molar-refractivity contribution is 5.94. The maximum Gasteiger partial charge on any atom is 0.159 e. The number of Topliss-reactive ketones (excluding diaryl/α,β-unsaturated/α-hetero) is 1. The van der Waals surface area contributed by atoms with Crippen LogP contribution in [-0.2, 0) is 6.54 Å². The molecule has 2 N–H and O–H groups in total. The summed E-state index contributed by atoms with van der Waals surface area (Å²) in [5.74, 6) is 1.61. The zero-order chi connectivity index (χ0) is 14.5. The van der Waals surface area contributed by atoms with Gasteiger partial charge in [-0.25, -0.2) is 0 Å². The second-order valence-electron chi connectivity index (χ2n) is 5.54. The van der Waals surface area contributed by atoms with Crippen molar-refractivity contribution in [2.75, 3.05) is 26.7 Å². The van der Waals surface area contributed by atoms with E-state index in [0.29, 0.717) is 5.92 Å². The van der Waals surface area contributed by atoms with E-state index < -0.39 is 0 Å². The van der Waals surface area contributed by atoms with Gasteiger partial charge in [-0.05, 0) is 63.5 Å². The van der Waals surface area contributed by atoms with Gasteiger partial charge >= 0.3 is 0 Å². The molecule has 1 aliphatic rings. The molecular weight excluding hydrogens is 252 g/mol. The topological polar surface area (TPSA) is 55.6 Å². The zero-order valence-corrected chi connectivity index (χ0v) is 12.4. The maximum atomic E-state index is 11.5. The molecule has 110 valence electrons. The number of benzene rings is 1. The van der Waals surface area contributed by atoms with Crippen LogP contribution in [-0.4, -0.2) is 37.4 Å². The number of nitrogens with zero attached hydrogens (tertiary/aromatic N) is 1. The zero-order valence-electron chi connectivity index (χ0n) is 12.4. The van der Waals surface area contributed by atoms with E-state index in [1.807, 2.05) is 18.2 Å². The van der Waals surface area contributed by atoms with Crippen molar-refractivity contribution >= 4 is 5.78 Å². The molecule has 0 atom stereocenters. The van der Waals surface area contributed by atoms with Gasteiger partial charge in [-0.2, -0.15) is 0 Å². The van der Waals surface area contributed by atoms with E-state index in [1.165, 1.54) is 0 Å². The molecule has 0 unspecified atom stereocenters. The molecular formula is C16H24N2O2. The maximum absolute atomic E-state index is 11.5. The van der Waals surface area contributed by atoms with E-state index >= 15 is 0 Å². The lowest BCUT2D eigenvalue weighted by molar-refractivity contribution is 0.101. The Hall–Kier alpha value is -1.39. The second-order valence-corrected chi connectivity index (χ2v) is 5.54. The molecule has 0 aromatic heterocycles. The van der Waals surface area contributed by atoms with E-state index in [2.05, 4.69) is 4.90 Å². The number of nitrogens with two attached hydrogens (primary N) is 1. The highest BCUT2D eigenvalue weighted by Crippen LogP contribution is 2.24. The van der Waals surface area contributed by atoms with E-state index in [0.717, 1.165) is 55.9 Å². The molecule has 0 saturated carbocycles. The summed E-state index contributed by atoms with van der Waals surface area (Å²) in [6.45, 7) is 5.35. The van der Waals surface area contributed by atoms with Gasteiger partial charge in [0.05, 0.1) is 7.11 Å². The van der Waals surface area contributed by atoms with Gasteiger partial charge in [-0.3, -0.25) is 9.69 Å². The number of ether oxygens (including phenoxy) is 1. The summed E-state index contributed by atoms with van der Waals surface area (Å²) in [5.41, 5.74) is 7.56. The van der Waals surface area contributed by atoms with Crippen LogP contribution in [0.3, 0.4) is 0 Å². The molecule has 4 nitrogen and oxygen atoms in total. The van der Waals surface area contributed by atoms with Crippen molar-refractivity contribution in [3.63, 3.8) is 0 Å². The Bertz CT molecular complexity index is 466. The Kier molecular flexibility index (Phi) is 5.15. The van der Waals surface area contributed by atoms with Crippen molar-refractivity contribution in [2.24, 2.45) is 11.7 Å². The minimum atomic E-state index is 0.0933. The van der Waals surface area contributed by atoms with Crippen LogP contribution in [0.15, 0.2) is 18.2 Å². The van der Waals surface area contributed by atoms with E-state index in [9.17, 15) is 4.79 Å². The summed E-state index contributed by atoms with van der Waals surface area (Å²) >= 11 is 0. The summed E-state index contributed by atoms with van der Waals surface area (Å²) in [6.07, 6.45) is 2.32. The average molecular weight is 276 g/mol. The number of carbonyl (C=O) groups is 1. The van der Waals surface area contributed by atoms with Crippen LogP contribution >= 0.6 is 0 Å². The number of ketones is 1. The molecule has 0 amide bonds. The van der Waals surface area contributed by atoms with Crippen molar-refractivity contribution in [3.05, 3.63) is 29.3 Å². The van der Waals surface area contributed by atoms with Crippen molar-refractivity contribution in [3.8, 4) is 5.75 Å². The van der Waals surface area contributed by atoms with Gasteiger partial charge in [0, 0.05) is 17.7 Å². The third-order valence-electron chi connectivity index (χ3n) is 4.12. The van der Waals surface area contributed by atoms with Gasteiger partial charge in [-0.15, -0.1) is 0 Å². The first-order valence-electron chi connectivity index (χ1n) is 7.24. The first-order valence-corrected chi connectivity index (χ1v) is 7.24. The minimum Gasteiger partial charge on any atom is -0.496 e. The lowest BCUT2D eigenvalue weighted by Crippen LogP contribution is -2.35. The predicted octanol–water partition coefficient (Wildman–Crippen LogP) is 2.07. The highest BCUT2D eigenvalue weighted by Gasteiger charge is 2.19. The van der Waals surface area contributed by atoms with Crippen LogP contribution in [0.4, 0.5) is 0 Å². The summed E-state index contributed by atoms with van der Waals surface area (Å²) in [7, 11) is 1.67. The van der Waals surface area contributed by atoms with Crippen LogP contribution < -0.4 is 10.5 Å². The molecule has 20 heavy (non-hydrogen) atoms. The largest absolute Gasteiger partial charge is 0.496 e. The van der Waals surface area contributed by atoms with Crippen LogP contribution in [0.1, 0.15) is 35.7 Å². The average Bonchev–Trinajstić information content (AvgIpc) is 2.48. The summed E-state index contributed by atoms with van der Waals surface area (Å²) in [5, 5.41) is 0. The molecule has 1 fully saturated rings. The molecule has 0 spiro atoms. The Morgan fingerprint density at radius 1 is 1.40 bits per heavy atom. The fourth-order valence-corrected chi connectivity index (χ4v) is 2.74. The van der Waals surface area contributed by atoms with E-state index in [4.69, 9.17) is 10.5 Å². The molecule has 1 saturated heterocycles. The third-order valence-corrected chi connectivity index (χ3v) is 4.12. The smallest absolute Gasteiger partial charge is 0.159 e. The van der Waals surface area contributed by atoms with E-state index in [-0.39, 0.29) is 5.78 Å². The number of methoxy groups -OCH3 is 1. The summed E-state index contributed by atoms with van der Waals surface area (Å²) in [4.78, 5) is 13.9. The molecule has 1 heterocycles. The van der Waals surface area contributed by atoms with Crippen LogP contribution in [0.2, 0.25) is 0 Å². The molecule has 2 rings (SSSR count). The van der Waals surface area contributed by atoms with Crippen LogP contribution in [0.25, 0.3) is 0 Å². The highest BCUT2D eigenvalue weighted by atomic mass is 16.5. The van der Waals surface area contributed by atoms with Gasteiger partial charge in [0.15, 0.2) is 5.78 Å². The minimum absolute atomic E-state index is 0.0933. The molecule has 1 aromatic rings. The number of piperidine rings is 1. The summed E-state index contributed by atoms with van der Waals surface area (Å²) < 4.78 is 5.41. The van der Waals surface area contributed by atoms with Gasteiger partial charge < -0.3 is 10.5 Å². The second kappa shape index (κ2) is 6.86. The number of hydrogen-bond donors (Lipinski definition) is 1. The van der Waals surface area contributed by atoms with Gasteiger partial charge in [0.25, 0.3) is 0 Å². The van der Waals surface area contributed by atoms with Crippen molar-refractivity contribution < 1.29 is 9.53 Å². The molecule has 1 aromatic carbocycles. The predicted molar refractivity (Wildman–Crippen MR) is 80.1 cm³/mol. The van der Waals surface area contributed by atoms with E-state index in [1.54, 1.807) is 14.0 Å². The normalized spacial score (nSPS) is 17.1. The Labute approximate surface area is 120 Å². The number of rotatable bonds is 5. The Balaban J connectivity index is 2.08. The molecule has 0 radical (unpaired) electrons. The monoisotopic (exact) mass is 276 g/mol. The quantitative estimate of drug-likeness (QED) is 0.836. The molecule has 1 aliphatic heterocycles. The lowest BCUT2D eigenvalue weighted by atomic mass is 9.96. The Morgan fingerprint density at radius 3 is 2.65 bits per heavy atom. The first kappa shape index (κ1) is 15.0. The summed E-state index contributed by atoms with van der Waals surface area (Å²) in [6, 6.07) is 5.67. The number of carbonyl (C=O) groups excluding carboxylic acids is 1. The van der Waals surface area contributed by atoms with Gasteiger partial charge in [0.2, 0.25) is 0 Å². The van der Waals surface area contributed by atoms with Gasteiger partial charge in [-0.1, -0.05) is 0 Å². The van der Waals surface area contributed by atoms with Crippen molar-refractivity contribution in [2.45, 2.75) is 26.3 Å². The molecule has 4 heteroatoms. The molecule has 0 aliphatic carbocycles. The van der Waals surface area contributed by atoms with Crippen LogP contribution in [0, 0.1) is 5.92 Å². The first-order chi connectivity index (χ1) is 9.63. The van der Waals surface area contributed by atoms with Crippen molar-refractivity contribution in [1.29, 1.82) is 0 Å². The standard InChI is InChI=1S/C16H24N2O2/c1-12(19)14-3-4-16(20-2)15(9-14)11-18-7-5-13(10-17)6-8-18/h3-4,9,13H,5-8,10-11,17H2,1-2H3. The fourth-order valence-electron chi connectivity index (χ4n) is 2.74. The lowest BCUT2D eigenvalue weighted by Gasteiger charge is -2.31. The third kappa shape index (κ3) is 3.58. The van der Waals surface area contributed by atoms with Gasteiger partial charge in [0.1, 0.15) is 5.75 Å². The SMILES string of the molecule is COc1ccc(C(C)=O)cc1CN1CCC(CN)CC1. The number of likely N-dealkylation sites (tertiary alicyclic amines) is 1.